The standard InChI is InChI=1S/C23H22BrN3O6/c1-3-15-6-4-5-7-17(15)25-20(28)12-27-22(30)18(26-23(27)31)11-14-8-9-19(16(24)10-14)33-13-21(29)32-2/h4-11H,3,12-13H2,1-2H3,(H,25,28)(H,26,31)/b18-11+. The second kappa shape index (κ2) is 10.8. The predicted octanol–water partition coefficient (Wildman–Crippen LogP) is 3.09. The van der Waals surface area contributed by atoms with E-state index in [1.54, 1.807) is 30.3 Å². The number of esters is 1. The van der Waals surface area contributed by atoms with Gasteiger partial charge in [-0.3, -0.25) is 9.59 Å². The van der Waals surface area contributed by atoms with Gasteiger partial charge in [0.1, 0.15) is 18.0 Å². The van der Waals surface area contributed by atoms with Crippen molar-refractivity contribution in [1.82, 2.24) is 10.2 Å². The molecule has 1 heterocycles. The molecule has 172 valence electrons. The van der Waals surface area contributed by atoms with Gasteiger partial charge in [0.05, 0.1) is 11.6 Å². The predicted molar refractivity (Wildman–Crippen MR) is 124 cm³/mol. The molecule has 33 heavy (non-hydrogen) atoms. The van der Waals surface area contributed by atoms with Crippen molar-refractivity contribution in [2.45, 2.75) is 13.3 Å². The number of nitrogens with one attached hydrogen (secondary N) is 2. The van der Waals surface area contributed by atoms with Crippen molar-refractivity contribution in [1.29, 1.82) is 0 Å². The first-order chi connectivity index (χ1) is 15.8. The largest absolute Gasteiger partial charge is 0.481 e. The topological polar surface area (TPSA) is 114 Å². The van der Waals surface area contributed by atoms with Gasteiger partial charge in [0.15, 0.2) is 6.61 Å². The molecule has 1 aliphatic heterocycles. The van der Waals surface area contributed by atoms with Crippen molar-refractivity contribution in [2.24, 2.45) is 0 Å². The zero-order valence-corrected chi connectivity index (χ0v) is 19.6. The number of anilines is 1. The molecule has 1 fully saturated rings. The van der Waals surface area contributed by atoms with Crippen LogP contribution in [0.4, 0.5) is 10.5 Å². The van der Waals surface area contributed by atoms with Gasteiger partial charge in [-0.1, -0.05) is 31.2 Å². The Bertz CT molecular complexity index is 1130. The van der Waals surface area contributed by atoms with Gasteiger partial charge in [-0.05, 0) is 57.8 Å². The first kappa shape index (κ1) is 24.0. The van der Waals surface area contributed by atoms with Crippen LogP contribution in [0.25, 0.3) is 6.08 Å². The van der Waals surface area contributed by atoms with Crippen molar-refractivity contribution in [2.75, 3.05) is 25.6 Å². The first-order valence-electron chi connectivity index (χ1n) is 10.0. The fourth-order valence-electron chi connectivity index (χ4n) is 3.09. The molecule has 9 nitrogen and oxygen atoms in total. The maximum atomic E-state index is 12.7. The van der Waals surface area contributed by atoms with Crippen LogP contribution in [0.2, 0.25) is 0 Å². The Morgan fingerprint density at radius 2 is 1.94 bits per heavy atom. The number of methoxy groups -OCH3 is 1. The fraction of sp³-hybridized carbons (Fsp3) is 0.217. The lowest BCUT2D eigenvalue weighted by atomic mass is 10.1. The first-order valence-corrected chi connectivity index (χ1v) is 10.8. The van der Waals surface area contributed by atoms with Crippen LogP contribution in [0.15, 0.2) is 52.6 Å². The molecule has 0 aromatic heterocycles. The minimum absolute atomic E-state index is 0.0388. The van der Waals surface area contributed by atoms with Gasteiger partial charge < -0.3 is 20.1 Å². The summed E-state index contributed by atoms with van der Waals surface area (Å²) in [4.78, 5) is 49.5. The van der Waals surface area contributed by atoms with Crippen LogP contribution in [0.1, 0.15) is 18.1 Å². The van der Waals surface area contributed by atoms with Crippen LogP contribution in [0, 0.1) is 0 Å². The van der Waals surface area contributed by atoms with Gasteiger partial charge in [-0.25, -0.2) is 14.5 Å². The highest BCUT2D eigenvalue weighted by atomic mass is 79.9. The number of urea groups is 1. The third-order valence-electron chi connectivity index (χ3n) is 4.78. The quantitative estimate of drug-likeness (QED) is 0.317. The Morgan fingerprint density at radius 1 is 1.18 bits per heavy atom. The number of rotatable bonds is 8. The van der Waals surface area contributed by atoms with Gasteiger partial charge in [-0.2, -0.15) is 0 Å². The molecular formula is C23H22BrN3O6. The Morgan fingerprint density at radius 3 is 2.64 bits per heavy atom. The lowest BCUT2D eigenvalue weighted by Gasteiger charge is -2.13. The molecule has 3 rings (SSSR count). The average Bonchev–Trinajstić information content (AvgIpc) is 3.05. The third kappa shape index (κ3) is 5.98. The summed E-state index contributed by atoms with van der Waals surface area (Å²) in [6.45, 7) is 1.31. The minimum atomic E-state index is -0.678. The molecule has 2 aromatic rings. The molecule has 2 aromatic carbocycles. The summed E-state index contributed by atoms with van der Waals surface area (Å²) in [6.07, 6.45) is 2.22. The molecule has 0 bridgehead atoms. The van der Waals surface area contributed by atoms with Gasteiger partial charge in [-0.15, -0.1) is 0 Å². The van der Waals surface area contributed by atoms with Crippen LogP contribution < -0.4 is 15.4 Å². The van der Waals surface area contributed by atoms with E-state index < -0.39 is 30.4 Å². The molecule has 1 saturated heterocycles. The Balaban J connectivity index is 1.67. The van der Waals surface area contributed by atoms with Crippen molar-refractivity contribution < 1.29 is 28.7 Å². The van der Waals surface area contributed by atoms with Gasteiger partial charge in [0.2, 0.25) is 5.91 Å². The molecule has 0 radical (unpaired) electrons. The number of hydrogen-bond acceptors (Lipinski definition) is 6. The smallest absolute Gasteiger partial charge is 0.343 e. The van der Waals surface area contributed by atoms with E-state index in [4.69, 9.17) is 4.74 Å². The summed E-state index contributed by atoms with van der Waals surface area (Å²) in [5.41, 5.74) is 2.23. The highest BCUT2D eigenvalue weighted by molar-refractivity contribution is 9.10. The van der Waals surface area contributed by atoms with Crippen molar-refractivity contribution in [3.63, 3.8) is 0 Å². The van der Waals surface area contributed by atoms with Crippen LogP contribution in [0.3, 0.4) is 0 Å². The third-order valence-corrected chi connectivity index (χ3v) is 5.40. The number of imide groups is 1. The molecule has 4 amide bonds. The Hall–Kier alpha value is -3.66. The Labute approximate surface area is 198 Å². The minimum Gasteiger partial charge on any atom is -0.481 e. The summed E-state index contributed by atoms with van der Waals surface area (Å²) in [7, 11) is 1.26. The van der Waals surface area contributed by atoms with Crippen molar-refractivity contribution >= 4 is 51.5 Å². The normalized spacial score (nSPS) is 14.3. The lowest BCUT2D eigenvalue weighted by molar-refractivity contribution is -0.143. The van der Waals surface area contributed by atoms with E-state index in [-0.39, 0.29) is 12.3 Å². The van der Waals surface area contributed by atoms with E-state index in [1.165, 1.54) is 13.2 Å². The summed E-state index contributed by atoms with van der Waals surface area (Å²) in [5.74, 6) is -1.19. The SMILES string of the molecule is CCc1ccccc1NC(=O)CN1C(=O)N/C(=C/c2ccc(OCC(=O)OC)c(Br)c2)C1=O. The number of benzene rings is 2. The molecule has 2 N–H and O–H groups in total. The van der Waals surface area contributed by atoms with Crippen LogP contribution >= 0.6 is 15.9 Å². The number of carbonyl (C=O) groups excluding carboxylic acids is 4. The fourth-order valence-corrected chi connectivity index (χ4v) is 3.60. The highest BCUT2D eigenvalue weighted by Gasteiger charge is 2.35. The zero-order valence-electron chi connectivity index (χ0n) is 18.0. The maximum Gasteiger partial charge on any atom is 0.343 e. The molecule has 0 saturated carbocycles. The number of ether oxygens (including phenoxy) is 2. The second-order valence-electron chi connectivity index (χ2n) is 6.99. The van der Waals surface area contributed by atoms with Gasteiger partial charge in [0.25, 0.3) is 5.91 Å². The van der Waals surface area contributed by atoms with Crippen LogP contribution in [0.5, 0.6) is 5.75 Å². The molecule has 1 aliphatic rings. The van der Waals surface area contributed by atoms with E-state index in [0.717, 1.165) is 16.9 Å². The number of carbonyl (C=O) groups is 4. The highest BCUT2D eigenvalue weighted by Crippen LogP contribution is 2.27. The van der Waals surface area contributed by atoms with E-state index in [9.17, 15) is 19.2 Å². The molecule has 0 aliphatic carbocycles. The van der Waals surface area contributed by atoms with E-state index in [1.807, 2.05) is 19.1 Å². The van der Waals surface area contributed by atoms with Crippen LogP contribution in [-0.4, -0.2) is 49.0 Å². The maximum absolute atomic E-state index is 12.7. The van der Waals surface area contributed by atoms with Gasteiger partial charge in [0, 0.05) is 5.69 Å². The monoisotopic (exact) mass is 515 g/mol. The molecule has 0 spiro atoms. The average molecular weight is 516 g/mol. The molecule has 10 heteroatoms. The molecular weight excluding hydrogens is 494 g/mol. The number of nitrogens with zero attached hydrogens (tertiary/aromatic N) is 1. The summed E-state index contributed by atoms with van der Waals surface area (Å²) >= 11 is 3.34. The van der Waals surface area contributed by atoms with Crippen molar-refractivity contribution in [3.8, 4) is 5.75 Å². The molecule has 0 atom stereocenters. The lowest BCUT2D eigenvalue weighted by Crippen LogP contribution is -2.38. The van der Waals surface area contributed by atoms with Gasteiger partial charge >= 0.3 is 12.0 Å². The number of halogens is 1. The van der Waals surface area contributed by atoms with E-state index >= 15 is 0 Å². The van der Waals surface area contributed by atoms with Crippen LogP contribution in [-0.2, 0) is 25.5 Å². The second-order valence-corrected chi connectivity index (χ2v) is 7.85. The van der Waals surface area contributed by atoms with E-state index in [0.29, 0.717) is 21.5 Å². The van der Waals surface area contributed by atoms with E-state index in [2.05, 4.69) is 31.3 Å². The number of para-hydroxylation sites is 1. The summed E-state index contributed by atoms with van der Waals surface area (Å²) < 4.78 is 10.4. The Kier molecular flexibility index (Phi) is 7.83. The zero-order chi connectivity index (χ0) is 24.0. The van der Waals surface area contributed by atoms with Crippen molar-refractivity contribution in [3.05, 3.63) is 63.8 Å². The summed E-state index contributed by atoms with van der Waals surface area (Å²) in [6, 6.07) is 11.6. The molecule has 0 unspecified atom stereocenters. The summed E-state index contributed by atoms with van der Waals surface area (Å²) in [5, 5.41) is 5.23. The number of hydrogen-bond donors (Lipinski definition) is 2. The number of aryl methyl sites for hydroxylation is 1. The number of amides is 4.